The Morgan fingerprint density at radius 3 is 2.66 bits per heavy atom. The molecule has 3 N–H and O–H groups in total. The summed E-state index contributed by atoms with van der Waals surface area (Å²) in [4.78, 5) is 17.5. The van der Waals surface area contributed by atoms with E-state index in [4.69, 9.17) is 10.6 Å². The fourth-order valence-electron chi connectivity index (χ4n) is 3.17. The van der Waals surface area contributed by atoms with Gasteiger partial charge in [-0.3, -0.25) is 9.78 Å². The van der Waals surface area contributed by atoms with Crippen LogP contribution in [0.5, 0.6) is 5.75 Å². The zero-order valence-corrected chi connectivity index (χ0v) is 18.4. The van der Waals surface area contributed by atoms with Crippen LogP contribution in [0.1, 0.15) is 16.4 Å². The van der Waals surface area contributed by atoms with Crippen LogP contribution < -0.4 is 15.9 Å². The first kappa shape index (κ1) is 21.4. The predicted octanol–water partition coefficient (Wildman–Crippen LogP) is 3.84. The number of methoxy groups -OCH3 is 1. The molecule has 8 nitrogen and oxygen atoms in total. The van der Waals surface area contributed by atoms with Gasteiger partial charge in [-0.05, 0) is 42.3 Å². The highest BCUT2D eigenvalue weighted by atomic mass is 32.2. The van der Waals surface area contributed by atoms with Crippen LogP contribution in [0.3, 0.4) is 0 Å². The molecule has 2 heterocycles. The van der Waals surface area contributed by atoms with E-state index in [0.717, 1.165) is 16.7 Å². The fraction of sp³-hybridized carbons (Fsp3) is 0.130. The summed E-state index contributed by atoms with van der Waals surface area (Å²) in [6, 6.07) is 18.7. The number of pyridine rings is 1. The molecule has 32 heavy (non-hydrogen) atoms. The summed E-state index contributed by atoms with van der Waals surface area (Å²) >= 11 is 1.22. The average Bonchev–Trinajstić information content (AvgIpc) is 3.18. The number of hydrogen-bond acceptors (Lipinski definition) is 7. The largest absolute Gasteiger partial charge is 0.495 e. The number of carbonyl (C=O) groups excluding carboxylic acids is 1. The number of aryl methyl sites for hydroxylation is 1. The monoisotopic (exact) mass is 446 g/mol. The molecule has 0 aliphatic rings. The van der Waals surface area contributed by atoms with Crippen molar-refractivity contribution in [3.05, 3.63) is 84.2 Å². The van der Waals surface area contributed by atoms with Crippen molar-refractivity contribution in [2.45, 2.75) is 17.3 Å². The van der Waals surface area contributed by atoms with Crippen LogP contribution in [0.15, 0.2) is 78.2 Å². The number of nitrogens with one attached hydrogen (secondary N) is 1. The summed E-state index contributed by atoms with van der Waals surface area (Å²) in [5, 5.41) is 11.2. The lowest BCUT2D eigenvalue weighted by molar-refractivity contribution is -0.115. The van der Waals surface area contributed by atoms with Gasteiger partial charge in [0.05, 0.1) is 12.8 Å². The van der Waals surface area contributed by atoms with E-state index in [-0.39, 0.29) is 5.91 Å². The molecule has 1 atom stereocenters. The summed E-state index contributed by atoms with van der Waals surface area (Å²) in [5.41, 5.74) is 3.16. The van der Waals surface area contributed by atoms with E-state index in [0.29, 0.717) is 22.4 Å². The number of nitrogen functional groups attached to an aromatic ring is 1. The third kappa shape index (κ3) is 4.57. The minimum absolute atomic E-state index is 0.226. The Morgan fingerprint density at radius 1 is 1.12 bits per heavy atom. The predicted molar refractivity (Wildman–Crippen MR) is 125 cm³/mol. The van der Waals surface area contributed by atoms with Crippen molar-refractivity contribution in [2.24, 2.45) is 0 Å². The van der Waals surface area contributed by atoms with Crippen molar-refractivity contribution < 1.29 is 9.53 Å². The Labute approximate surface area is 189 Å². The Morgan fingerprint density at radius 2 is 1.94 bits per heavy atom. The lowest BCUT2D eigenvalue weighted by atomic mass is 10.1. The fourth-order valence-corrected chi connectivity index (χ4v) is 4.13. The first-order valence-corrected chi connectivity index (χ1v) is 10.7. The van der Waals surface area contributed by atoms with Gasteiger partial charge >= 0.3 is 0 Å². The molecule has 0 fully saturated rings. The summed E-state index contributed by atoms with van der Waals surface area (Å²) in [6.07, 6.45) is 3.33. The molecule has 0 radical (unpaired) electrons. The highest BCUT2D eigenvalue weighted by Crippen LogP contribution is 2.37. The molecular weight excluding hydrogens is 424 g/mol. The van der Waals surface area contributed by atoms with Crippen molar-refractivity contribution in [3.63, 3.8) is 0 Å². The molecule has 162 valence electrons. The molecule has 0 saturated heterocycles. The Bertz CT molecular complexity index is 1210. The van der Waals surface area contributed by atoms with E-state index in [2.05, 4.69) is 20.5 Å². The van der Waals surface area contributed by atoms with Crippen molar-refractivity contribution in [3.8, 4) is 17.1 Å². The van der Waals surface area contributed by atoms with Crippen LogP contribution in [-0.2, 0) is 4.79 Å². The van der Waals surface area contributed by atoms with Gasteiger partial charge in [-0.15, -0.1) is 10.2 Å². The first-order chi connectivity index (χ1) is 15.6. The Kier molecular flexibility index (Phi) is 6.37. The van der Waals surface area contributed by atoms with E-state index in [1.807, 2.05) is 61.5 Å². The summed E-state index contributed by atoms with van der Waals surface area (Å²) in [7, 11) is 1.57. The van der Waals surface area contributed by atoms with Gasteiger partial charge in [-0.25, -0.2) is 4.68 Å². The van der Waals surface area contributed by atoms with Crippen LogP contribution in [0.4, 0.5) is 5.69 Å². The Hall–Kier alpha value is -3.85. The summed E-state index contributed by atoms with van der Waals surface area (Å²) in [5.74, 6) is 7.10. The van der Waals surface area contributed by atoms with E-state index >= 15 is 0 Å². The normalized spacial score (nSPS) is 11.7. The lowest BCUT2D eigenvalue weighted by Crippen LogP contribution is -2.21. The number of ether oxygens (including phenoxy) is 1. The van der Waals surface area contributed by atoms with Crippen molar-refractivity contribution in [1.82, 2.24) is 19.9 Å². The molecule has 2 aromatic heterocycles. The van der Waals surface area contributed by atoms with Crippen LogP contribution >= 0.6 is 11.8 Å². The second-order valence-corrected chi connectivity index (χ2v) is 8.09. The molecule has 0 aliphatic heterocycles. The highest BCUT2D eigenvalue weighted by molar-refractivity contribution is 8.00. The van der Waals surface area contributed by atoms with Gasteiger partial charge in [-0.2, -0.15) is 0 Å². The van der Waals surface area contributed by atoms with E-state index in [1.54, 1.807) is 25.6 Å². The summed E-state index contributed by atoms with van der Waals surface area (Å²) in [6.45, 7) is 1.95. The lowest BCUT2D eigenvalue weighted by Gasteiger charge is -2.18. The number of thioether (sulfide) groups is 1. The third-order valence-corrected chi connectivity index (χ3v) is 5.97. The highest BCUT2D eigenvalue weighted by Gasteiger charge is 2.26. The number of hydrogen-bond donors (Lipinski definition) is 2. The maximum atomic E-state index is 13.4. The van der Waals surface area contributed by atoms with Gasteiger partial charge in [-0.1, -0.05) is 48.2 Å². The molecular formula is C23H22N6O2S. The minimum Gasteiger partial charge on any atom is -0.495 e. The SMILES string of the molecule is COc1ccc(C)cc1NC(=O)C(Sc1nnc(-c2cccnc2)n1N)c1ccccc1. The number of carbonyl (C=O) groups is 1. The number of rotatable bonds is 7. The standard InChI is InChI=1S/C23H22N6O2S/c1-15-10-11-19(31-2)18(13-15)26-22(30)20(16-7-4-3-5-8-16)32-23-28-27-21(29(23)24)17-9-6-12-25-14-17/h3-14,20H,24H2,1-2H3,(H,26,30). The Balaban J connectivity index is 1.65. The zero-order valence-electron chi connectivity index (χ0n) is 17.6. The zero-order chi connectivity index (χ0) is 22.5. The first-order valence-electron chi connectivity index (χ1n) is 9.85. The smallest absolute Gasteiger partial charge is 0.242 e. The topological polar surface area (TPSA) is 108 Å². The second kappa shape index (κ2) is 9.52. The molecule has 0 saturated carbocycles. The van der Waals surface area contributed by atoms with E-state index in [1.165, 1.54) is 16.4 Å². The number of benzene rings is 2. The maximum Gasteiger partial charge on any atom is 0.242 e. The molecule has 2 aromatic carbocycles. The van der Waals surface area contributed by atoms with Crippen LogP contribution in [-0.4, -0.2) is 32.9 Å². The van der Waals surface area contributed by atoms with Crippen LogP contribution in [0.2, 0.25) is 0 Å². The van der Waals surface area contributed by atoms with Gasteiger partial charge in [0.25, 0.3) is 0 Å². The van der Waals surface area contributed by atoms with Crippen molar-refractivity contribution >= 4 is 23.4 Å². The van der Waals surface area contributed by atoms with Gasteiger partial charge in [0.1, 0.15) is 11.0 Å². The van der Waals surface area contributed by atoms with Gasteiger partial charge in [0, 0.05) is 18.0 Å². The van der Waals surface area contributed by atoms with E-state index < -0.39 is 5.25 Å². The van der Waals surface area contributed by atoms with Gasteiger partial charge in [0.2, 0.25) is 11.1 Å². The molecule has 0 spiro atoms. The summed E-state index contributed by atoms with van der Waals surface area (Å²) < 4.78 is 6.78. The number of aromatic nitrogens is 4. The molecule has 4 rings (SSSR count). The van der Waals surface area contributed by atoms with Gasteiger partial charge in [0.15, 0.2) is 5.82 Å². The molecule has 1 unspecified atom stereocenters. The minimum atomic E-state index is -0.616. The molecule has 9 heteroatoms. The maximum absolute atomic E-state index is 13.4. The number of amides is 1. The molecule has 0 bridgehead atoms. The number of nitrogens with two attached hydrogens (primary N) is 1. The van der Waals surface area contributed by atoms with Crippen LogP contribution in [0, 0.1) is 6.92 Å². The average molecular weight is 447 g/mol. The molecule has 1 amide bonds. The number of nitrogens with zero attached hydrogens (tertiary/aromatic N) is 4. The second-order valence-electron chi connectivity index (χ2n) is 7.02. The number of anilines is 1. The van der Waals surface area contributed by atoms with E-state index in [9.17, 15) is 4.79 Å². The van der Waals surface area contributed by atoms with Crippen molar-refractivity contribution in [2.75, 3.05) is 18.3 Å². The molecule has 4 aromatic rings. The van der Waals surface area contributed by atoms with Crippen molar-refractivity contribution in [1.29, 1.82) is 0 Å². The molecule has 0 aliphatic carbocycles. The quantitative estimate of drug-likeness (QED) is 0.328. The van der Waals surface area contributed by atoms with Gasteiger partial charge < -0.3 is 15.9 Å². The third-order valence-electron chi connectivity index (χ3n) is 4.76. The van der Waals surface area contributed by atoms with Crippen LogP contribution in [0.25, 0.3) is 11.4 Å².